The summed E-state index contributed by atoms with van der Waals surface area (Å²) in [6.07, 6.45) is -0.258. The SMILES string of the molecule is Cc1ccc(S(=O)(=O)N2CCC(C(=O)OC(C)C(=O)N3CC(C)OC(C)C3)CC2)cc1C. The lowest BCUT2D eigenvalue weighted by Gasteiger charge is -2.36. The van der Waals surface area contributed by atoms with Gasteiger partial charge in [0.25, 0.3) is 5.91 Å². The second kappa shape index (κ2) is 9.89. The molecule has 0 radical (unpaired) electrons. The van der Waals surface area contributed by atoms with Gasteiger partial charge in [0, 0.05) is 26.2 Å². The van der Waals surface area contributed by atoms with Crippen LogP contribution in [0.1, 0.15) is 44.7 Å². The molecule has 0 spiro atoms. The number of carbonyl (C=O) groups is 2. The average Bonchev–Trinajstić information content (AvgIpc) is 2.74. The van der Waals surface area contributed by atoms with E-state index in [2.05, 4.69) is 0 Å². The number of ether oxygens (including phenoxy) is 2. The minimum atomic E-state index is -3.60. The van der Waals surface area contributed by atoms with Crippen LogP contribution in [0, 0.1) is 19.8 Å². The minimum absolute atomic E-state index is 0.0609. The Morgan fingerprint density at radius 1 is 1.06 bits per heavy atom. The highest BCUT2D eigenvalue weighted by molar-refractivity contribution is 7.89. The lowest BCUT2D eigenvalue weighted by Crippen LogP contribution is -2.51. The third kappa shape index (κ3) is 5.50. The van der Waals surface area contributed by atoms with Crippen molar-refractivity contribution in [2.75, 3.05) is 26.2 Å². The molecule has 2 fully saturated rings. The van der Waals surface area contributed by atoms with Gasteiger partial charge in [-0.3, -0.25) is 9.59 Å². The van der Waals surface area contributed by atoms with Gasteiger partial charge in [-0.05, 0) is 70.7 Å². The molecule has 0 saturated carbocycles. The number of esters is 1. The van der Waals surface area contributed by atoms with Gasteiger partial charge in [-0.15, -0.1) is 0 Å². The number of carbonyl (C=O) groups excluding carboxylic acids is 2. The van der Waals surface area contributed by atoms with Crippen molar-refractivity contribution < 1.29 is 27.5 Å². The smallest absolute Gasteiger partial charge is 0.309 e. The number of sulfonamides is 1. The number of piperidine rings is 1. The van der Waals surface area contributed by atoms with E-state index in [4.69, 9.17) is 9.47 Å². The monoisotopic (exact) mass is 466 g/mol. The quantitative estimate of drug-likeness (QED) is 0.618. The van der Waals surface area contributed by atoms with Gasteiger partial charge in [0.15, 0.2) is 6.10 Å². The molecule has 3 rings (SSSR count). The van der Waals surface area contributed by atoms with Crippen LogP contribution in [-0.2, 0) is 29.1 Å². The van der Waals surface area contributed by atoms with Crippen LogP contribution in [0.25, 0.3) is 0 Å². The van der Waals surface area contributed by atoms with Crippen molar-refractivity contribution in [1.82, 2.24) is 9.21 Å². The first-order chi connectivity index (χ1) is 15.0. The van der Waals surface area contributed by atoms with Gasteiger partial charge >= 0.3 is 5.97 Å². The van der Waals surface area contributed by atoms with Gasteiger partial charge < -0.3 is 14.4 Å². The number of amides is 1. The second-order valence-electron chi connectivity index (χ2n) is 9.00. The molecule has 0 aliphatic carbocycles. The van der Waals surface area contributed by atoms with Crippen LogP contribution in [0.4, 0.5) is 0 Å². The van der Waals surface area contributed by atoms with Gasteiger partial charge in [0.2, 0.25) is 10.0 Å². The Morgan fingerprint density at radius 3 is 2.22 bits per heavy atom. The number of hydrogen-bond donors (Lipinski definition) is 0. The zero-order chi connectivity index (χ0) is 23.6. The number of rotatable bonds is 5. The van der Waals surface area contributed by atoms with E-state index in [0.29, 0.717) is 25.9 Å². The summed E-state index contributed by atoms with van der Waals surface area (Å²) in [6.45, 7) is 10.7. The molecule has 0 aromatic heterocycles. The molecule has 3 unspecified atom stereocenters. The fraction of sp³-hybridized carbons (Fsp3) is 0.652. The summed E-state index contributed by atoms with van der Waals surface area (Å²) in [4.78, 5) is 27.3. The average molecular weight is 467 g/mol. The molecular formula is C23H34N2O6S. The van der Waals surface area contributed by atoms with Crippen molar-refractivity contribution in [3.05, 3.63) is 29.3 Å². The van der Waals surface area contributed by atoms with Gasteiger partial charge in [0.1, 0.15) is 0 Å². The molecule has 2 saturated heterocycles. The summed E-state index contributed by atoms with van der Waals surface area (Å²) in [5, 5.41) is 0. The normalized spacial score (nSPS) is 24.2. The maximum atomic E-state index is 13.0. The standard InChI is InChI=1S/C23H34N2O6S/c1-15-6-7-21(12-16(15)2)32(28,29)25-10-8-20(9-11-25)23(27)31-19(5)22(26)24-13-17(3)30-18(4)14-24/h6-7,12,17-20H,8-11,13-14H2,1-5H3. The first kappa shape index (κ1) is 24.7. The third-order valence-electron chi connectivity index (χ3n) is 6.28. The highest BCUT2D eigenvalue weighted by atomic mass is 32.2. The molecule has 9 heteroatoms. The predicted molar refractivity (Wildman–Crippen MR) is 120 cm³/mol. The summed E-state index contributed by atoms with van der Waals surface area (Å²) in [7, 11) is -3.60. The van der Waals surface area contributed by atoms with Crippen molar-refractivity contribution in [2.24, 2.45) is 5.92 Å². The zero-order valence-electron chi connectivity index (χ0n) is 19.5. The van der Waals surface area contributed by atoms with E-state index in [1.807, 2.05) is 27.7 Å². The summed E-state index contributed by atoms with van der Waals surface area (Å²) in [5.41, 5.74) is 1.96. The zero-order valence-corrected chi connectivity index (χ0v) is 20.4. The molecule has 1 amide bonds. The van der Waals surface area contributed by atoms with Crippen LogP contribution in [0.15, 0.2) is 23.1 Å². The number of hydrogen-bond acceptors (Lipinski definition) is 6. The van der Waals surface area contributed by atoms with Crippen molar-refractivity contribution in [2.45, 2.75) is 70.7 Å². The number of nitrogens with zero attached hydrogens (tertiary/aromatic N) is 2. The molecular weight excluding hydrogens is 432 g/mol. The highest BCUT2D eigenvalue weighted by Crippen LogP contribution is 2.26. The van der Waals surface area contributed by atoms with E-state index >= 15 is 0 Å². The Kier molecular flexibility index (Phi) is 7.62. The van der Waals surface area contributed by atoms with E-state index in [-0.39, 0.29) is 36.1 Å². The fourth-order valence-electron chi connectivity index (χ4n) is 4.29. The largest absolute Gasteiger partial charge is 0.452 e. The molecule has 2 aliphatic heterocycles. The van der Waals surface area contributed by atoms with Crippen LogP contribution in [0.3, 0.4) is 0 Å². The topological polar surface area (TPSA) is 93.2 Å². The Bertz CT molecular complexity index is 945. The van der Waals surface area contributed by atoms with E-state index < -0.39 is 28.0 Å². The van der Waals surface area contributed by atoms with E-state index in [1.165, 1.54) is 4.31 Å². The van der Waals surface area contributed by atoms with Crippen LogP contribution in [0.5, 0.6) is 0 Å². The summed E-state index contributed by atoms with van der Waals surface area (Å²) >= 11 is 0. The van der Waals surface area contributed by atoms with Crippen LogP contribution in [0.2, 0.25) is 0 Å². The van der Waals surface area contributed by atoms with Gasteiger partial charge in [-0.2, -0.15) is 4.31 Å². The van der Waals surface area contributed by atoms with Crippen molar-refractivity contribution in [1.29, 1.82) is 0 Å². The minimum Gasteiger partial charge on any atom is -0.452 e. The van der Waals surface area contributed by atoms with Gasteiger partial charge in [-0.25, -0.2) is 8.42 Å². The molecule has 1 aromatic rings. The molecule has 3 atom stereocenters. The molecule has 2 aliphatic rings. The molecule has 2 heterocycles. The Balaban J connectivity index is 1.54. The predicted octanol–water partition coefficient (Wildman–Crippen LogP) is 2.27. The van der Waals surface area contributed by atoms with Crippen LogP contribution < -0.4 is 0 Å². The molecule has 8 nitrogen and oxygen atoms in total. The maximum absolute atomic E-state index is 13.0. The Labute approximate surface area is 190 Å². The van der Waals surface area contributed by atoms with Crippen molar-refractivity contribution >= 4 is 21.9 Å². The number of benzene rings is 1. The van der Waals surface area contributed by atoms with E-state index in [1.54, 1.807) is 30.0 Å². The number of morpholine rings is 1. The molecule has 0 N–H and O–H groups in total. The van der Waals surface area contributed by atoms with E-state index in [9.17, 15) is 18.0 Å². The third-order valence-corrected chi connectivity index (χ3v) is 8.17. The van der Waals surface area contributed by atoms with Crippen LogP contribution in [-0.4, -0.2) is 74.0 Å². The highest BCUT2D eigenvalue weighted by Gasteiger charge is 2.35. The summed E-state index contributed by atoms with van der Waals surface area (Å²) in [6, 6.07) is 5.12. The molecule has 0 bridgehead atoms. The maximum Gasteiger partial charge on any atom is 0.309 e. The lowest BCUT2D eigenvalue weighted by molar-refractivity contribution is -0.167. The van der Waals surface area contributed by atoms with Crippen molar-refractivity contribution in [3.8, 4) is 0 Å². The molecule has 32 heavy (non-hydrogen) atoms. The Hall–Kier alpha value is -1.97. The fourth-order valence-corrected chi connectivity index (χ4v) is 5.85. The molecule has 1 aromatic carbocycles. The van der Waals surface area contributed by atoms with Crippen LogP contribution >= 0.6 is 0 Å². The molecule has 178 valence electrons. The Morgan fingerprint density at radius 2 is 1.66 bits per heavy atom. The second-order valence-corrected chi connectivity index (χ2v) is 10.9. The number of aryl methyl sites for hydroxylation is 2. The van der Waals surface area contributed by atoms with Crippen molar-refractivity contribution in [3.63, 3.8) is 0 Å². The first-order valence-electron chi connectivity index (χ1n) is 11.2. The first-order valence-corrected chi connectivity index (χ1v) is 12.6. The van der Waals surface area contributed by atoms with E-state index in [0.717, 1.165) is 11.1 Å². The van der Waals surface area contributed by atoms with Gasteiger partial charge in [0.05, 0.1) is 23.0 Å². The van der Waals surface area contributed by atoms with Gasteiger partial charge in [-0.1, -0.05) is 6.07 Å². The summed E-state index contributed by atoms with van der Waals surface area (Å²) < 4.78 is 38.5. The lowest BCUT2D eigenvalue weighted by atomic mass is 9.98. The summed E-state index contributed by atoms with van der Waals surface area (Å²) in [5.74, 6) is -1.09.